The maximum atomic E-state index is 13.4. The van der Waals surface area contributed by atoms with E-state index in [2.05, 4.69) is 10.6 Å². The molecule has 2 rings (SSSR count). The Morgan fingerprint density at radius 1 is 1.15 bits per heavy atom. The number of urea groups is 1. The first kappa shape index (κ1) is 13.7. The molecule has 0 aliphatic carbocycles. The summed E-state index contributed by atoms with van der Waals surface area (Å²) in [5, 5.41) is 4.98. The molecule has 0 unspecified atom stereocenters. The van der Waals surface area contributed by atoms with Crippen molar-refractivity contribution in [1.82, 2.24) is 0 Å². The van der Waals surface area contributed by atoms with Gasteiger partial charge in [-0.2, -0.15) is 0 Å². The number of rotatable bonds is 3. The number of anilines is 3. The van der Waals surface area contributed by atoms with Crippen LogP contribution in [-0.4, -0.2) is 13.1 Å². The van der Waals surface area contributed by atoms with Gasteiger partial charge in [-0.05, 0) is 24.3 Å². The van der Waals surface area contributed by atoms with Crippen molar-refractivity contribution in [2.24, 2.45) is 0 Å². The Labute approximate surface area is 115 Å². The number of carbonyl (C=O) groups is 1. The van der Waals surface area contributed by atoms with E-state index in [9.17, 15) is 9.18 Å². The Morgan fingerprint density at radius 2 is 1.85 bits per heavy atom. The SMILES string of the molecule is COc1cc(N)ccc1NC(=O)Nc1ccccc1F. The Hall–Kier alpha value is -2.76. The van der Waals surface area contributed by atoms with Gasteiger partial charge in [-0.3, -0.25) is 0 Å². The number of nitrogens with two attached hydrogens (primary N) is 1. The van der Waals surface area contributed by atoms with E-state index in [0.717, 1.165) is 0 Å². The summed E-state index contributed by atoms with van der Waals surface area (Å²) in [7, 11) is 1.47. The molecule has 2 amide bonds. The first-order valence-electron chi connectivity index (χ1n) is 5.86. The van der Waals surface area contributed by atoms with Gasteiger partial charge in [-0.25, -0.2) is 9.18 Å². The molecule has 0 radical (unpaired) electrons. The van der Waals surface area contributed by atoms with Crippen molar-refractivity contribution in [3.05, 3.63) is 48.3 Å². The fourth-order valence-electron chi connectivity index (χ4n) is 1.65. The Bertz CT molecular complexity index is 632. The van der Waals surface area contributed by atoms with Crippen LogP contribution in [0.15, 0.2) is 42.5 Å². The van der Waals surface area contributed by atoms with E-state index in [4.69, 9.17) is 10.5 Å². The maximum absolute atomic E-state index is 13.4. The third-order valence-corrected chi connectivity index (χ3v) is 2.60. The second-order valence-electron chi connectivity index (χ2n) is 4.02. The van der Waals surface area contributed by atoms with Gasteiger partial charge in [0.15, 0.2) is 0 Å². The van der Waals surface area contributed by atoms with Crippen LogP contribution in [0.4, 0.5) is 26.2 Å². The van der Waals surface area contributed by atoms with Crippen molar-refractivity contribution in [1.29, 1.82) is 0 Å². The van der Waals surface area contributed by atoms with Gasteiger partial charge in [0.1, 0.15) is 11.6 Å². The summed E-state index contributed by atoms with van der Waals surface area (Å²) in [5.74, 6) is -0.0828. The van der Waals surface area contributed by atoms with E-state index in [1.807, 2.05) is 0 Å². The van der Waals surface area contributed by atoms with E-state index in [1.54, 1.807) is 30.3 Å². The number of amides is 2. The second kappa shape index (κ2) is 5.92. The molecular formula is C14H14FN3O2. The molecule has 0 aliphatic heterocycles. The summed E-state index contributed by atoms with van der Waals surface area (Å²) in [5.41, 5.74) is 6.67. The van der Waals surface area contributed by atoms with Crippen molar-refractivity contribution >= 4 is 23.1 Å². The third kappa shape index (κ3) is 3.17. The van der Waals surface area contributed by atoms with Crippen LogP contribution in [0.2, 0.25) is 0 Å². The smallest absolute Gasteiger partial charge is 0.323 e. The van der Waals surface area contributed by atoms with Crippen LogP contribution < -0.4 is 21.1 Å². The van der Waals surface area contributed by atoms with Crippen LogP contribution >= 0.6 is 0 Å². The lowest BCUT2D eigenvalue weighted by atomic mass is 10.2. The summed E-state index contributed by atoms with van der Waals surface area (Å²) in [4.78, 5) is 11.8. The van der Waals surface area contributed by atoms with E-state index in [1.165, 1.54) is 19.2 Å². The van der Waals surface area contributed by atoms with E-state index in [-0.39, 0.29) is 5.69 Å². The molecule has 0 aliphatic rings. The number of nitrogens with one attached hydrogen (secondary N) is 2. The lowest BCUT2D eigenvalue weighted by molar-refractivity contribution is 0.262. The van der Waals surface area contributed by atoms with Gasteiger partial charge in [0.25, 0.3) is 0 Å². The minimum absolute atomic E-state index is 0.0967. The third-order valence-electron chi connectivity index (χ3n) is 2.60. The van der Waals surface area contributed by atoms with Gasteiger partial charge < -0.3 is 21.1 Å². The predicted octanol–water partition coefficient (Wildman–Crippen LogP) is 3.06. The zero-order valence-corrected chi connectivity index (χ0v) is 10.8. The standard InChI is InChI=1S/C14H14FN3O2/c1-20-13-8-9(16)6-7-12(13)18-14(19)17-11-5-3-2-4-10(11)15/h2-8H,16H2,1H3,(H2,17,18,19). The highest BCUT2D eigenvalue weighted by Crippen LogP contribution is 2.26. The molecule has 4 N–H and O–H groups in total. The number of hydrogen-bond donors (Lipinski definition) is 3. The van der Waals surface area contributed by atoms with Gasteiger partial charge in [0, 0.05) is 11.8 Å². The van der Waals surface area contributed by atoms with Crippen LogP contribution in [-0.2, 0) is 0 Å². The van der Waals surface area contributed by atoms with Gasteiger partial charge in [0.2, 0.25) is 0 Å². The minimum Gasteiger partial charge on any atom is -0.494 e. The van der Waals surface area contributed by atoms with E-state index >= 15 is 0 Å². The number of ether oxygens (including phenoxy) is 1. The quantitative estimate of drug-likeness (QED) is 0.753. The van der Waals surface area contributed by atoms with Crippen LogP contribution in [0.1, 0.15) is 0 Å². The maximum Gasteiger partial charge on any atom is 0.323 e. The van der Waals surface area contributed by atoms with Crippen LogP contribution in [0.3, 0.4) is 0 Å². The molecule has 0 fully saturated rings. The Balaban J connectivity index is 2.11. The van der Waals surface area contributed by atoms with Gasteiger partial charge in [-0.15, -0.1) is 0 Å². The number of hydrogen-bond acceptors (Lipinski definition) is 3. The predicted molar refractivity (Wildman–Crippen MR) is 76.4 cm³/mol. The second-order valence-corrected chi connectivity index (χ2v) is 4.02. The molecule has 6 heteroatoms. The fraction of sp³-hybridized carbons (Fsp3) is 0.0714. The topological polar surface area (TPSA) is 76.4 Å². The average Bonchev–Trinajstić information content (AvgIpc) is 2.43. The van der Waals surface area contributed by atoms with Crippen LogP contribution in [0, 0.1) is 5.82 Å². The van der Waals surface area contributed by atoms with Crippen molar-refractivity contribution in [2.45, 2.75) is 0 Å². The molecule has 0 heterocycles. The molecule has 0 saturated carbocycles. The number of methoxy groups -OCH3 is 1. The van der Waals surface area contributed by atoms with Crippen molar-refractivity contribution in [2.75, 3.05) is 23.5 Å². The molecule has 0 saturated heterocycles. The molecule has 2 aromatic rings. The number of nitrogen functional groups attached to an aromatic ring is 1. The lowest BCUT2D eigenvalue weighted by Crippen LogP contribution is -2.20. The molecular weight excluding hydrogens is 261 g/mol. The first-order valence-corrected chi connectivity index (χ1v) is 5.86. The zero-order valence-electron chi connectivity index (χ0n) is 10.8. The summed E-state index contributed by atoms with van der Waals surface area (Å²) in [6.45, 7) is 0. The molecule has 5 nitrogen and oxygen atoms in total. The number of carbonyl (C=O) groups excluding carboxylic acids is 1. The van der Waals surface area contributed by atoms with Crippen molar-refractivity contribution < 1.29 is 13.9 Å². The van der Waals surface area contributed by atoms with Crippen LogP contribution in [0.5, 0.6) is 5.75 Å². The van der Waals surface area contributed by atoms with Crippen LogP contribution in [0.25, 0.3) is 0 Å². The fourth-order valence-corrected chi connectivity index (χ4v) is 1.65. The minimum atomic E-state index is -0.571. The van der Waals surface area contributed by atoms with Gasteiger partial charge in [-0.1, -0.05) is 12.1 Å². The summed E-state index contributed by atoms with van der Waals surface area (Å²) in [6, 6.07) is 10.1. The normalized spacial score (nSPS) is 9.90. The zero-order chi connectivity index (χ0) is 14.5. The summed E-state index contributed by atoms with van der Waals surface area (Å²) < 4.78 is 18.5. The van der Waals surface area contributed by atoms with E-state index in [0.29, 0.717) is 17.1 Å². The average molecular weight is 275 g/mol. The highest BCUT2D eigenvalue weighted by Gasteiger charge is 2.09. The monoisotopic (exact) mass is 275 g/mol. The molecule has 2 aromatic carbocycles. The lowest BCUT2D eigenvalue weighted by Gasteiger charge is -2.12. The molecule has 0 aromatic heterocycles. The first-order chi connectivity index (χ1) is 9.60. The summed E-state index contributed by atoms with van der Waals surface area (Å²) >= 11 is 0. The number of para-hydroxylation sites is 1. The molecule has 0 atom stereocenters. The largest absolute Gasteiger partial charge is 0.494 e. The van der Waals surface area contributed by atoms with Gasteiger partial charge >= 0.3 is 6.03 Å². The van der Waals surface area contributed by atoms with E-state index < -0.39 is 11.8 Å². The van der Waals surface area contributed by atoms with Crippen molar-refractivity contribution in [3.8, 4) is 5.75 Å². The Morgan fingerprint density at radius 3 is 2.55 bits per heavy atom. The highest BCUT2D eigenvalue weighted by molar-refractivity contribution is 6.00. The van der Waals surface area contributed by atoms with Gasteiger partial charge in [0.05, 0.1) is 18.5 Å². The molecule has 20 heavy (non-hydrogen) atoms. The molecule has 0 spiro atoms. The highest BCUT2D eigenvalue weighted by atomic mass is 19.1. The number of benzene rings is 2. The summed E-state index contributed by atoms with van der Waals surface area (Å²) in [6.07, 6.45) is 0. The van der Waals surface area contributed by atoms with Crippen molar-refractivity contribution in [3.63, 3.8) is 0 Å². The molecule has 104 valence electrons. The Kier molecular flexibility index (Phi) is 4.05. The molecule has 0 bridgehead atoms. The number of halogens is 1.